The Kier molecular flexibility index (Phi) is 4.33. The number of benzene rings is 2. The van der Waals surface area contributed by atoms with E-state index in [1.54, 1.807) is 24.3 Å². The third-order valence-corrected chi connectivity index (χ3v) is 4.90. The molecule has 0 radical (unpaired) electrons. The van der Waals surface area contributed by atoms with Gasteiger partial charge in [-0.05, 0) is 64.1 Å². The molecule has 29 heavy (non-hydrogen) atoms. The zero-order valence-corrected chi connectivity index (χ0v) is 16.6. The van der Waals surface area contributed by atoms with E-state index in [1.165, 1.54) is 0 Å². The van der Waals surface area contributed by atoms with Gasteiger partial charge >= 0.3 is 19.9 Å². The van der Waals surface area contributed by atoms with Crippen LogP contribution in [0.5, 0.6) is 11.5 Å². The predicted octanol–water partition coefficient (Wildman–Crippen LogP) is 4.01. The third kappa shape index (κ3) is 3.67. The molecule has 150 valence electrons. The molecule has 0 bridgehead atoms. The minimum Gasteiger partial charge on any atom is -0.529 e. The summed E-state index contributed by atoms with van der Waals surface area (Å²) in [6.07, 6.45) is -0.954. The molecule has 2 aliphatic heterocycles. The Hall–Kier alpha value is -3.36. The van der Waals surface area contributed by atoms with Gasteiger partial charge in [0.25, 0.3) is 0 Å². The highest BCUT2D eigenvalue weighted by Crippen LogP contribution is 2.39. The molecule has 0 aromatic heterocycles. The number of cyclic esters (lactones) is 2. The largest absolute Gasteiger partial charge is 0.576 e. The van der Waals surface area contributed by atoms with Crippen LogP contribution in [-0.2, 0) is 20.7 Å². The van der Waals surface area contributed by atoms with Crippen LogP contribution in [0.1, 0.15) is 38.8 Å². The average Bonchev–Trinajstić information content (AvgIpc) is 2.61. The van der Waals surface area contributed by atoms with Crippen LogP contribution in [-0.4, -0.2) is 19.9 Å². The van der Waals surface area contributed by atoms with Crippen LogP contribution in [0.25, 0.3) is 0 Å². The molecule has 0 fully saturated rings. The number of hydrogen-bond donors (Lipinski definition) is 2. The van der Waals surface area contributed by atoms with Crippen molar-refractivity contribution in [3.05, 3.63) is 47.5 Å². The summed E-state index contributed by atoms with van der Waals surface area (Å²) in [6.45, 7) is 7.28. The maximum Gasteiger partial charge on any atom is 0.576 e. The highest BCUT2D eigenvalue weighted by atomic mass is 16.6. The van der Waals surface area contributed by atoms with Crippen molar-refractivity contribution >= 4 is 31.2 Å². The van der Waals surface area contributed by atoms with Crippen LogP contribution in [0.4, 0.5) is 21.0 Å². The average molecular weight is 396 g/mol. The highest BCUT2D eigenvalue weighted by molar-refractivity contribution is 6.20. The Morgan fingerprint density at radius 2 is 1.17 bits per heavy atom. The number of carbonyl (C=O) groups excluding carboxylic acids is 2. The first-order valence-corrected chi connectivity index (χ1v) is 9.19. The van der Waals surface area contributed by atoms with Gasteiger partial charge in [-0.3, -0.25) is 10.6 Å². The Bertz CT molecular complexity index is 925. The second-order valence-electron chi connectivity index (χ2n) is 7.87. The van der Waals surface area contributed by atoms with Gasteiger partial charge < -0.3 is 18.8 Å². The van der Waals surface area contributed by atoms with Crippen LogP contribution in [0.3, 0.4) is 0 Å². The maximum absolute atomic E-state index is 11.6. The van der Waals surface area contributed by atoms with Crippen molar-refractivity contribution < 1.29 is 28.4 Å². The van der Waals surface area contributed by atoms with E-state index in [9.17, 15) is 9.59 Å². The quantitative estimate of drug-likeness (QED) is 0.759. The van der Waals surface area contributed by atoms with Gasteiger partial charge in [0.05, 0.1) is 11.4 Å². The first-order chi connectivity index (χ1) is 13.6. The Balaban J connectivity index is 1.45. The van der Waals surface area contributed by atoms with Gasteiger partial charge in [-0.25, -0.2) is 9.59 Å². The van der Waals surface area contributed by atoms with E-state index in [2.05, 4.69) is 10.6 Å². The summed E-state index contributed by atoms with van der Waals surface area (Å²) < 4.78 is 22.1. The summed E-state index contributed by atoms with van der Waals surface area (Å²) in [5.74, 6) is 1.18. The van der Waals surface area contributed by atoms with Crippen molar-refractivity contribution in [1.29, 1.82) is 0 Å². The second kappa shape index (κ2) is 6.61. The van der Waals surface area contributed by atoms with Crippen molar-refractivity contribution in [3.8, 4) is 11.5 Å². The molecule has 2 aromatic carbocycles. The zero-order chi connectivity index (χ0) is 20.8. The van der Waals surface area contributed by atoms with Gasteiger partial charge in [-0.2, -0.15) is 0 Å². The minimum absolute atomic E-state index is 0.0150. The molecule has 0 atom stereocenters. The van der Waals surface area contributed by atoms with Crippen molar-refractivity contribution in [2.75, 3.05) is 10.6 Å². The number of hydrogen-bond acceptors (Lipinski definition) is 6. The van der Waals surface area contributed by atoms with Gasteiger partial charge in [0, 0.05) is 11.1 Å². The number of rotatable bonds is 4. The predicted molar refractivity (Wildman–Crippen MR) is 108 cm³/mol. The van der Waals surface area contributed by atoms with E-state index in [0.717, 1.165) is 11.1 Å². The molecule has 2 N–H and O–H groups in total. The summed E-state index contributed by atoms with van der Waals surface area (Å²) in [4.78, 5) is 23.2. The van der Waals surface area contributed by atoms with E-state index in [-0.39, 0.29) is 7.69 Å². The van der Waals surface area contributed by atoms with Gasteiger partial charge in [0.15, 0.2) is 0 Å². The molecule has 0 spiro atoms. The molecule has 2 heterocycles. The molecule has 2 aliphatic rings. The molecule has 2 amide bonds. The van der Waals surface area contributed by atoms with Crippen LogP contribution in [0, 0.1) is 0 Å². The highest BCUT2D eigenvalue weighted by Gasteiger charge is 2.34. The molecule has 8 nitrogen and oxygen atoms in total. The second-order valence-corrected chi connectivity index (χ2v) is 7.87. The number of anilines is 2. The Labute approximate surface area is 168 Å². The van der Waals surface area contributed by atoms with Crippen molar-refractivity contribution in [3.63, 3.8) is 0 Å². The first-order valence-electron chi connectivity index (χ1n) is 9.19. The number of nitrogens with one attached hydrogen (secondary N) is 2. The molecular weight excluding hydrogens is 375 g/mol. The van der Waals surface area contributed by atoms with Crippen LogP contribution >= 0.6 is 0 Å². The molecular formula is C20H21BN2O6. The van der Waals surface area contributed by atoms with E-state index in [4.69, 9.17) is 18.8 Å². The molecule has 0 aliphatic carbocycles. The monoisotopic (exact) mass is 396 g/mol. The Morgan fingerprint density at radius 1 is 0.759 bits per heavy atom. The number of ether oxygens (including phenoxy) is 2. The zero-order valence-electron chi connectivity index (χ0n) is 16.6. The van der Waals surface area contributed by atoms with Crippen molar-refractivity contribution in [1.82, 2.24) is 0 Å². The van der Waals surface area contributed by atoms with Gasteiger partial charge in [-0.15, -0.1) is 0 Å². The molecule has 9 heteroatoms. The molecule has 0 unspecified atom stereocenters. The number of fused-ring (bicyclic) bond motifs is 2. The fourth-order valence-corrected chi connectivity index (χ4v) is 3.45. The van der Waals surface area contributed by atoms with Crippen molar-refractivity contribution in [2.45, 2.75) is 38.9 Å². The lowest BCUT2D eigenvalue weighted by molar-refractivity contribution is 0.0411. The van der Waals surface area contributed by atoms with E-state index in [0.29, 0.717) is 22.9 Å². The summed E-state index contributed by atoms with van der Waals surface area (Å²) >= 11 is 0. The first kappa shape index (κ1) is 19.0. The van der Waals surface area contributed by atoms with Crippen LogP contribution < -0.4 is 19.9 Å². The maximum atomic E-state index is 11.6. The van der Waals surface area contributed by atoms with E-state index >= 15 is 0 Å². The third-order valence-electron chi connectivity index (χ3n) is 4.90. The lowest BCUT2D eigenvalue weighted by atomic mass is 9.94. The standard InChI is InChI=1S/C20H21BN2O6/c1-19(2)13-9-11(5-7-15(13)22-17(24)26-19)28-21-29-12-6-8-16-14(10-12)20(3,4)27-18(25)23-16/h5-10,21H,1-4H3,(H,22,24)(H,23,25). The summed E-state index contributed by atoms with van der Waals surface area (Å²) in [6, 6.07) is 10.7. The van der Waals surface area contributed by atoms with Gasteiger partial charge in [0.2, 0.25) is 0 Å². The van der Waals surface area contributed by atoms with E-state index in [1.807, 2.05) is 39.8 Å². The van der Waals surface area contributed by atoms with Crippen LogP contribution in [0.15, 0.2) is 36.4 Å². The summed E-state index contributed by atoms with van der Waals surface area (Å²) in [5.41, 5.74) is 1.51. The lowest BCUT2D eigenvalue weighted by Gasteiger charge is -2.33. The fourth-order valence-electron chi connectivity index (χ4n) is 3.45. The summed E-state index contributed by atoms with van der Waals surface area (Å²) in [7, 11) is -0.0150. The SMILES string of the molecule is CC1(C)OC(=O)Nc2ccc(OBOc3ccc4c(c3)C(C)(C)OC(=O)N4)cc21. The van der Waals surface area contributed by atoms with Crippen LogP contribution in [0.2, 0.25) is 0 Å². The number of amides is 2. The fraction of sp³-hybridized carbons (Fsp3) is 0.300. The van der Waals surface area contributed by atoms with E-state index < -0.39 is 23.4 Å². The smallest absolute Gasteiger partial charge is 0.529 e. The molecule has 0 saturated carbocycles. The summed E-state index contributed by atoms with van der Waals surface area (Å²) in [5, 5.41) is 5.35. The van der Waals surface area contributed by atoms with Gasteiger partial charge in [-0.1, -0.05) is 0 Å². The molecule has 4 rings (SSSR count). The topological polar surface area (TPSA) is 95.1 Å². The minimum atomic E-state index is -0.758. The van der Waals surface area contributed by atoms with Crippen molar-refractivity contribution in [2.24, 2.45) is 0 Å². The molecule has 2 aromatic rings. The molecule has 0 saturated heterocycles. The lowest BCUT2D eigenvalue weighted by Crippen LogP contribution is -2.34. The van der Waals surface area contributed by atoms with Gasteiger partial charge in [0.1, 0.15) is 22.7 Å². The Morgan fingerprint density at radius 3 is 1.59 bits per heavy atom. The number of carbonyl (C=O) groups is 2. The normalized spacial score (nSPS) is 18.1.